The normalized spacial score (nSPS) is 19.2. The van der Waals surface area contributed by atoms with Crippen LogP contribution < -0.4 is 16.0 Å². The molecule has 100 valence electrons. The number of fused-ring (bicyclic) bond motifs is 1. The lowest BCUT2D eigenvalue weighted by Gasteiger charge is -2.23. The van der Waals surface area contributed by atoms with Crippen molar-refractivity contribution in [2.75, 3.05) is 24.2 Å². The Bertz CT molecular complexity index is 611. The molecule has 0 saturated carbocycles. The van der Waals surface area contributed by atoms with E-state index < -0.39 is 0 Å². The zero-order valence-corrected chi connectivity index (χ0v) is 11.4. The van der Waals surface area contributed by atoms with Gasteiger partial charge in [-0.3, -0.25) is 4.79 Å². The fraction of sp³-hybridized carbons (Fsp3) is 0.417. The summed E-state index contributed by atoms with van der Waals surface area (Å²) in [4.78, 5) is 21.5. The van der Waals surface area contributed by atoms with E-state index in [1.165, 1.54) is 0 Å². The second-order valence-corrected chi connectivity index (χ2v) is 5.31. The second kappa shape index (κ2) is 5.00. The molecule has 1 amide bonds. The summed E-state index contributed by atoms with van der Waals surface area (Å²) in [5.74, 6) is 1.32. The number of rotatable bonds is 3. The van der Waals surface area contributed by atoms with Gasteiger partial charge < -0.3 is 16.0 Å². The maximum absolute atomic E-state index is 11.8. The van der Waals surface area contributed by atoms with Crippen molar-refractivity contribution in [2.24, 2.45) is 0 Å². The van der Waals surface area contributed by atoms with Gasteiger partial charge in [0.2, 0.25) is 11.9 Å². The number of carbonyl (C=O) groups is 1. The summed E-state index contributed by atoms with van der Waals surface area (Å²) in [6.45, 7) is 0.760. The molecule has 2 aromatic heterocycles. The first-order valence-corrected chi connectivity index (χ1v) is 7.13. The molecule has 0 radical (unpaired) electrons. The SMILES string of the molecule is CNc1nc(NC2CCCNC2=O)c2ccsc2n1. The monoisotopic (exact) mass is 277 g/mol. The van der Waals surface area contributed by atoms with E-state index in [1.807, 2.05) is 11.4 Å². The van der Waals surface area contributed by atoms with Crippen molar-refractivity contribution < 1.29 is 4.79 Å². The summed E-state index contributed by atoms with van der Waals surface area (Å²) in [6, 6.07) is 1.76. The maximum atomic E-state index is 11.8. The molecule has 1 aliphatic rings. The van der Waals surface area contributed by atoms with Crippen LogP contribution in [0.15, 0.2) is 11.4 Å². The van der Waals surface area contributed by atoms with Crippen LogP contribution in [0.4, 0.5) is 11.8 Å². The lowest BCUT2D eigenvalue weighted by molar-refractivity contribution is -0.123. The number of hydrogen-bond donors (Lipinski definition) is 3. The average molecular weight is 277 g/mol. The molecule has 7 heteroatoms. The highest BCUT2D eigenvalue weighted by Crippen LogP contribution is 2.27. The molecule has 1 unspecified atom stereocenters. The molecule has 19 heavy (non-hydrogen) atoms. The highest BCUT2D eigenvalue weighted by atomic mass is 32.1. The van der Waals surface area contributed by atoms with Gasteiger partial charge in [0.25, 0.3) is 0 Å². The van der Waals surface area contributed by atoms with Crippen LogP contribution in [0, 0.1) is 0 Å². The van der Waals surface area contributed by atoms with Gasteiger partial charge in [0.05, 0.1) is 5.39 Å². The Kier molecular flexibility index (Phi) is 3.20. The van der Waals surface area contributed by atoms with Crippen molar-refractivity contribution in [2.45, 2.75) is 18.9 Å². The quantitative estimate of drug-likeness (QED) is 0.791. The number of anilines is 2. The van der Waals surface area contributed by atoms with E-state index in [9.17, 15) is 4.79 Å². The molecule has 1 saturated heterocycles. The summed E-state index contributed by atoms with van der Waals surface area (Å²) in [5.41, 5.74) is 0. The molecule has 0 aromatic carbocycles. The lowest BCUT2D eigenvalue weighted by Crippen LogP contribution is -2.44. The zero-order valence-electron chi connectivity index (χ0n) is 10.6. The molecule has 1 atom stereocenters. The second-order valence-electron chi connectivity index (χ2n) is 4.42. The van der Waals surface area contributed by atoms with E-state index in [0.29, 0.717) is 5.95 Å². The molecule has 2 aromatic rings. The molecule has 0 aliphatic carbocycles. The minimum absolute atomic E-state index is 0.0410. The zero-order chi connectivity index (χ0) is 13.2. The number of hydrogen-bond acceptors (Lipinski definition) is 6. The highest BCUT2D eigenvalue weighted by Gasteiger charge is 2.23. The number of nitrogens with zero attached hydrogens (tertiary/aromatic N) is 2. The lowest BCUT2D eigenvalue weighted by atomic mass is 10.1. The third kappa shape index (κ3) is 2.33. The average Bonchev–Trinajstić information content (AvgIpc) is 2.89. The smallest absolute Gasteiger partial charge is 0.242 e. The van der Waals surface area contributed by atoms with Crippen LogP contribution in [0.5, 0.6) is 0 Å². The number of thiophene rings is 1. The van der Waals surface area contributed by atoms with E-state index >= 15 is 0 Å². The molecule has 0 bridgehead atoms. The topological polar surface area (TPSA) is 78.9 Å². The fourth-order valence-corrected chi connectivity index (χ4v) is 2.92. The van der Waals surface area contributed by atoms with E-state index in [-0.39, 0.29) is 11.9 Å². The Balaban J connectivity index is 1.94. The number of aromatic nitrogens is 2. The van der Waals surface area contributed by atoms with Crippen LogP contribution in [-0.4, -0.2) is 35.5 Å². The van der Waals surface area contributed by atoms with Crippen molar-refractivity contribution >= 4 is 39.2 Å². The third-order valence-electron chi connectivity index (χ3n) is 3.14. The molecule has 3 N–H and O–H groups in total. The summed E-state index contributed by atoms with van der Waals surface area (Å²) in [5, 5.41) is 12.0. The number of piperidine rings is 1. The Morgan fingerprint density at radius 3 is 3.16 bits per heavy atom. The number of nitrogens with one attached hydrogen (secondary N) is 3. The predicted octanol–water partition coefficient (Wildman–Crippen LogP) is 1.42. The molecule has 1 fully saturated rings. The Hall–Kier alpha value is -1.89. The van der Waals surface area contributed by atoms with E-state index in [0.717, 1.165) is 35.4 Å². The molecule has 3 heterocycles. The maximum Gasteiger partial charge on any atom is 0.242 e. The first kappa shape index (κ1) is 12.2. The Labute approximate surface area is 114 Å². The van der Waals surface area contributed by atoms with Crippen LogP contribution in [-0.2, 0) is 4.79 Å². The first-order chi connectivity index (χ1) is 9.28. The predicted molar refractivity (Wildman–Crippen MR) is 76.6 cm³/mol. The minimum atomic E-state index is -0.212. The van der Waals surface area contributed by atoms with Crippen LogP contribution in [0.1, 0.15) is 12.8 Å². The summed E-state index contributed by atoms with van der Waals surface area (Å²) < 4.78 is 0. The standard InChI is InChI=1S/C12H15N5OS/c1-13-12-16-9(7-4-6-19-11(7)17-12)15-8-3-2-5-14-10(8)18/h4,6,8H,2-3,5H2,1H3,(H,14,18)(H2,13,15,16,17). The summed E-state index contributed by atoms with van der Waals surface area (Å²) in [7, 11) is 1.78. The van der Waals surface area contributed by atoms with Crippen LogP contribution >= 0.6 is 11.3 Å². The minimum Gasteiger partial charge on any atom is -0.358 e. The van der Waals surface area contributed by atoms with E-state index in [1.54, 1.807) is 18.4 Å². The van der Waals surface area contributed by atoms with Crippen LogP contribution in [0.2, 0.25) is 0 Å². The Morgan fingerprint density at radius 2 is 2.37 bits per heavy atom. The van der Waals surface area contributed by atoms with Crippen molar-refractivity contribution in [3.63, 3.8) is 0 Å². The van der Waals surface area contributed by atoms with Gasteiger partial charge >= 0.3 is 0 Å². The van der Waals surface area contributed by atoms with Gasteiger partial charge in [-0.1, -0.05) is 0 Å². The summed E-state index contributed by atoms with van der Waals surface area (Å²) in [6.07, 6.45) is 1.82. The highest BCUT2D eigenvalue weighted by molar-refractivity contribution is 7.16. The molecular weight excluding hydrogens is 262 g/mol. The van der Waals surface area contributed by atoms with Gasteiger partial charge in [0.15, 0.2) is 0 Å². The van der Waals surface area contributed by atoms with Gasteiger partial charge in [-0.2, -0.15) is 4.98 Å². The van der Waals surface area contributed by atoms with Crippen LogP contribution in [0.3, 0.4) is 0 Å². The summed E-state index contributed by atoms with van der Waals surface area (Å²) >= 11 is 1.56. The number of amides is 1. The van der Waals surface area contributed by atoms with Gasteiger partial charge in [0, 0.05) is 13.6 Å². The number of carbonyl (C=O) groups excluding carboxylic acids is 1. The van der Waals surface area contributed by atoms with Gasteiger partial charge in [0.1, 0.15) is 16.7 Å². The molecular formula is C12H15N5OS. The first-order valence-electron chi connectivity index (χ1n) is 6.25. The van der Waals surface area contributed by atoms with E-state index in [2.05, 4.69) is 25.9 Å². The molecule has 1 aliphatic heterocycles. The Morgan fingerprint density at radius 1 is 1.47 bits per heavy atom. The van der Waals surface area contributed by atoms with Crippen LogP contribution in [0.25, 0.3) is 10.2 Å². The largest absolute Gasteiger partial charge is 0.358 e. The fourth-order valence-electron chi connectivity index (χ4n) is 2.15. The van der Waals surface area contributed by atoms with Crippen molar-refractivity contribution in [1.82, 2.24) is 15.3 Å². The van der Waals surface area contributed by atoms with Gasteiger partial charge in [-0.15, -0.1) is 11.3 Å². The van der Waals surface area contributed by atoms with Crippen molar-refractivity contribution in [3.8, 4) is 0 Å². The molecule has 3 rings (SSSR count). The molecule has 6 nitrogen and oxygen atoms in total. The van der Waals surface area contributed by atoms with Crippen molar-refractivity contribution in [3.05, 3.63) is 11.4 Å². The van der Waals surface area contributed by atoms with Crippen molar-refractivity contribution in [1.29, 1.82) is 0 Å². The van der Waals surface area contributed by atoms with Gasteiger partial charge in [-0.25, -0.2) is 4.98 Å². The van der Waals surface area contributed by atoms with E-state index in [4.69, 9.17) is 0 Å². The van der Waals surface area contributed by atoms with Gasteiger partial charge in [-0.05, 0) is 24.3 Å². The third-order valence-corrected chi connectivity index (χ3v) is 3.95. The molecule has 0 spiro atoms.